The maximum atomic E-state index is 15.9. The van der Waals surface area contributed by atoms with Crippen molar-refractivity contribution in [2.24, 2.45) is 0 Å². The van der Waals surface area contributed by atoms with Crippen LogP contribution in [0.5, 0.6) is 0 Å². The summed E-state index contributed by atoms with van der Waals surface area (Å²) in [6.07, 6.45) is 0. The SMILES string of the molecule is Cc1cc(C)c(B(CP(=O)(c2c(C)cc(C)cc2C)N(C(C)C)C(C)C)N(C(C)C)C(C)C)c(C)c1. The zero-order chi connectivity index (χ0) is 27.7. The average molecular weight is 511 g/mol. The van der Waals surface area contributed by atoms with Gasteiger partial charge in [-0.05, 0) is 92.4 Å². The fraction of sp³-hybridized carbons (Fsp3) is 0.613. The Morgan fingerprint density at radius 1 is 0.639 bits per heavy atom. The Bertz CT molecular complexity index is 1040. The van der Waals surface area contributed by atoms with Crippen molar-refractivity contribution in [2.45, 2.75) is 121 Å². The lowest BCUT2D eigenvalue weighted by molar-refractivity contribution is 0.298. The molecular weight excluding hydrogens is 458 g/mol. The lowest BCUT2D eigenvalue weighted by Crippen LogP contribution is -2.59. The number of hydrogen-bond acceptors (Lipinski definition) is 2. The summed E-state index contributed by atoms with van der Waals surface area (Å²) in [4.78, 5) is 2.59. The predicted octanol–water partition coefficient (Wildman–Crippen LogP) is 7.12. The maximum Gasteiger partial charge on any atom is 0.267 e. The lowest BCUT2D eigenvalue weighted by Gasteiger charge is -2.44. The van der Waals surface area contributed by atoms with E-state index in [1.54, 1.807) is 0 Å². The Morgan fingerprint density at radius 3 is 1.33 bits per heavy atom. The molecule has 1 atom stereocenters. The van der Waals surface area contributed by atoms with Gasteiger partial charge in [-0.1, -0.05) is 79.7 Å². The Hall–Kier alpha value is -1.35. The smallest absolute Gasteiger partial charge is 0.267 e. The molecule has 0 fully saturated rings. The molecule has 200 valence electrons. The van der Waals surface area contributed by atoms with Crippen molar-refractivity contribution in [2.75, 3.05) is 6.06 Å². The summed E-state index contributed by atoms with van der Waals surface area (Å²) in [6, 6.07) is 10.6. The minimum atomic E-state index is -3.00. The molecule has 0 N–H and O–H groups in total. The van der Waals surface area contributed by atoms with Gasteiger partial charge in [0.25, 0.3) is 6.85 Å². The first-order valence-corrected chi connectivity index (χ1v) is 15.7. The van der Waals surface area contributed by atoms with Crippen molar-refractivity contribution in [3.63, 3.8) is 0 Å². The molecule has 0 spiro atoms. The molecule has 2 rings (SSSR count). The van der Waals surface area contributed by atoms with Crippen LogP contribution in [0.3, 0.4) is 0 Å². The normalized spacial score (nSPS) is 14.1. The molecule has 0 saturated heterocycles. The van der Waals surface area contributed by atoms with Gasteiger partial charge in [-0.3, -0.25) is 0 Å². The van der Waals surface area contributed by atoms with Gasteiger partial charge in [-0.2, -0.15) is 0 Å². The summed E-state index contributed by atoms with van der Waals surface area (Å²) >= 11 is 0. The van der Waals surface area contributed by atoms with Crippen LogP contribution >= 0.6 is 7.29 Å². The zero-order valence-electron chi connectivity index (χ0n) is 25.7. The third kappa shape index (κ3) is 6.37. The Balaban J connectivity index is 2.97. The van der Waals surface area contributed by atoms with Gasteiger partial charge >= 0.3 is 0 Å². The van der Waals surface area contributed by atoms with Crippen molar-refractivity contribution in [1.82, 2.24) is 9.48 Å². The molecule has 2 aromatic carbocycles. The second-order valence-electron chi connectivity index (χ2n) is 12.2. The third-order valence-corrected chi connectivity index (χ3v) is 11.4. The predicted molar refractivity (Wildman–Crippen MR) is 163 cm³/mol. The first kappa shape index (κ1) is 30.9. The van der Waals surface area contributed by atoms with Gasteiger partial charge in [-0.15, -0.1) is 0 Å². The molecule has 5 heteroatoms. The number of aryl methyl sites for hydroxylation is 6. The minimum absolute atomic E-state index is 0.0523. The van der Waals surface area contributed by atoms with E-state index < -0.39 is 7.29 Å². The average Bonchev–Trinajstić information content (AvgIpc) is 2.64. The van der Waals surface area contributed by atoms with E-state index in [2.05, 4.69) is 131 Å². The molecular formula is C31H52BN2OP. The van der Waals surface area contributed by atoms with E-state index in [0.29, 0.717) is 18.1 Å². The molecule has 3 nitrogen and oxygen atoms in total. The molecule has 0 aromatic heterocycles. The van der Waals surface area contributed by atoms with E-state index in [1.165, 1.54) is 27.7 Å². The van der Waals surface area contributed by atoms with Gasteiger partial charge in [-0.25, -0.2) is 4.67 Å². The van der Waals surface area contributed by atoms with Gasteiger partial charge in [0, 0.05) is 23.4 Å². The van der Waals surface area contributed by atoms with Gasteiger partial charge in [0.15, 0.2) is 7.29 Å². The van der Waals surface area contributed by atoms with Crippen molar-refractivity contribution in [3.8, 4) is 0 Å². The highest BCUT2D eigenvalue weighted by Crippen LogP contribution is 2.53. The maximum absolute atomic E-state index is 15.9. The van der Waals surface area contributed by atoms with Gasteiger partial charge in [0.05, 0.1) is 0 Å². The van der Waals surface area contributed by atoms with Gasteiger partial charge < -0.3 is 9.38 Å². The Kier molecular flexibility index (Phi) is 10.3. The number of rotatable bonds is 10. The lowest BCUT2D eigenvalue weighted by atomic mass is 9.52. The number of nitrogens with zero attached hydrogens (tertiary/aromatic N) is 2. The fourth-order valence-corrected chi connectivity index (χ4v) is 11.1. The van der Waals surface area contributed by atoms with Crippen molar-refractivity contribution < 1.29 is 4.57 Å². The van der Waals surface area contributed by atoms with Crippen LogP contribution in [0.15, 0.2) is 24.3 Å². The second-order valence-corrected chi connectivity index (χ2v) is 14.8. The van der Waals surface area contributed by atoms with E-state index in [-0.39, 0.29) is 18.9 Å². The van der Waals surface area contributed by atoms with Crippen molar-refractivity contribution >= 4 is 24.9 Å². The van der Waals surface area contributed by atoms with Crippen LogP contribution in [-0.4, -0.2) is 46.6 Å². The van der Waals surface area contributed by atoms with Crippen molar-refractivity contribution in [3.05, 3.63) is 57.6 Å². The fourth-order valence-electron chi connectivity index (χ4n) is 6.97. The monoisotopic (exact) mass is 510 g/mol. The van der Waals surface area contributed by atoms with Gasteiger partial charge in [0.2, 0.25) is 0 Å². The van der Waals surface area contributed by atoms with Crippen LogP contribution in [0.1, 0.15) is 88.8 Å². The summed E-state index contributed by atoms with van der Waals surface area (Å²) in [7, 11) is -3.00. The summed E-state index contributed by atoms with van der Waals surface area (Å²) in [5.41, 5.74) is 8.76. The third-order valence-electron chi connectivity index (χ3n) is 7.46. The molecule has 0 heterocycles. The molecule has 0 bridgehead atoms. The quantitative estimate of drug-likeness (QED) is 0.251. The molecule has 0 aliphatic heterocycles. The molecule has 0 amide bonds. The van der Waals surface area contributed by atoms with Crippen LogP contribution in [-0.2, 0) is 4.57 Å². The first-order valence-electron chi connectivity index (χ1n) is 13.8. The summed E-state index contributed by atoms with van der Waals surface area (Å²) in [5, 5.41) is 1.07. The summed E-state index contributed by atoms with van der Waals surface area (Å²) in [6.45, 7) is 31.1. The first-order chi connectivity index (χ1) is 16.5. The Labute approximate surface area is 223 Å². The highest BCUT2D eigenvalue weighted by molar-refractivity contribution is 7.71. The largest absolute Gasteiger partial charge is 0.333 e. The number of hydrogen-bond donors (Lipinski definition) is 0. The van der Waals surface area contributed by atoms with Crippen LogP contribution in [0.4, 0.5) is 0 Å². The van der Waals surface area contributed by atoms with Crippen LogP contribution in [0.2, 0.25) is 0 Å². The zero-order valence-corrected chi connectivity index (χ0v) is 26.5. The van der Waals surface area contributed by atoms with Crippen LogP contribution in [0.25, 0.3) is 0 Å². The van der Waals surface area contributed by atoms with E-state index >= 15 is 4.57 Å². The molecule has 2 aromatic rings. The van der Waals surface area contributed by atoms with E-state index in [1.807, 2.05) is 0 Å². The highest BCUT2D eigenvalue weighted by atomic mass is 31.2. The standard InChI is InChI=1S/C31H52BN2OP/c1-20(2)33(21(3)4)32(30-26(11)15-24(9)16-27(30)12)19-36(35,34(22(5)6)23(7)8)31-28(13)17-25(10)18-29(31)14/h15-18,20-23H,19H2,1-14H3. The topological polar surface area (TPSA) is 23.6 Å². The molecule has 1 unspecified atom stereocenters. The molecule has 0 aliphatic carbocycles. The van der Waals surface area contributed by atoms with Gasteiger partial charge in [0.1, 0.15) is 0 Å². The molecule has 0 aliphatic rings. The van der Waals surface area contributed by atoms with E-state index in [4.69, 9.17) is 0 Å². The molecule has 0 radical (unpaired) electrons. The molecule has 0 saturated carbocycles. The summed E-state index contributed by atoms with van der Waals surface area (Å²) in [5.74, 6) is 0. The van der Waals surface area contributed by atoms with Crippen LogP contribution in [0, 0.1) is 41.5 Å². The van der Waals surface area contributed by atoms with E-state index in [9.17, 15) is 0 Å². The second kappa shape index (κ2) is 12.0. The van der Waals surface area contributed by atoms with E-state index in [0.717, 1.165) is 16.4 Å². The Morgan fingerprint density at radius 2 is 1.00 bits per heavy atom. The van der Waals surface area contributed by atoms with Crippen LogP contribution < -0.4 is 10.8 Å². The highest BCUT2D eigenvalue weighted by Gasteiger charge is 2.45. The summed E-state index contributed by atoms with van der Waals surface area (Å²) < 4.78 is 18.2. The minimum Gasteiger partial charge on any atom is -0.333 e. The number of benzene rings is 2. The van der Waals surface area contributed by atoms with Crippen molar-refractivity contribution in [1.29, 1.82) is 0 Å². The molecule has 36 heavy (non-hydrogen) atoms.